The number of benzene rings is 2. The second-order valence-corrected chi connectivity index (χ2v) is 5.55. The van der Waals surface area contributed by atoms with Gasteiger partial charge in [-0.15, -0.1) is 0 Å². The summed E-state index contributed by atoms with van der Waals surface area (Å²) in [4.78, 5) is 12.3. The van der Waals surface area contributed by atoms with Gasteiger partial charge in [0.25, 0.3) is 5.91 Å². The standard InChI is InChI=1S/C16H15FINO3/c1-3-22-14-9-10(8-13(18)15(14)21-2)16(20)19-12-6-4-11(17)5-7-12/h4-9H,3H2,1-2H3,(H,19,20). The Morgan fingerprint density at radius 1 is 1.27 bits per heavy atom. The summed E-state index contributed by atoms with van der Waals surface area (Å²) in [6.07, 6.45) is 0. The van der Waals surface area contributed by atoms with Crippen LogP contribution in [0.4, 0.5) is 10.1 Å². The van der Waals surface area contributed by atoms with E-state index in [1.54, 1.807) is 19.2 Å². The average Bonchev–Trinajstić information content (AvgIpc) is 2.49. The molecular weight excluding hydrogens is 400 g/mol. The van der Waals surface area contributed by atoms with E-state index in [1.165, 1.54) is 24.3 Å². The fourth-order valence-corrected chi connectivity index (χ4v) is 2.72. The topological polar surface area (TPSA) is 47.6 Å². The molecule has 0 radical (unpaired) electrons. The molecule has 0 saturated carbocycles. The Morgan fingerprint density at radius 2 is 1.95 bits per heavy atom. The summed E-state index contributed by atoms with van der Waals surface area (Å²) in [7, 11) is 1.55. The van der Waals surface area contributed by atoms with Gasteiger partial charge in [-0.3, -0.25) is 4.79 Å². The second-order valence-electron chi connectivity index (χ2n) is 4.38. The maximum absolute atomic E-state index is 12.9. The maximum atomic E-state index is 12.9. The number of methoxy groups -OCH3 is 1. The molecule has 0 atom stereocenters. The van der Waals surface area contributed by atoms with E-state index in [0.717, 1.165) is 3.57 Å². The Bertz CT molecular complexity index is 674. The van der Waals surface area contributed by atoms with Crippen LogP contribution >= 0.6 is 22.6 Å². The zero-order valence-corrected chi connectivity index (χ0v) is 14.3. The van der Waals surface area contributed by atoms with Gasteiger partial charge in [0, 0.05) is 11.3 Å². The molecule has 2 aromatic rings. The van der Waals surface area contributed by atoms with Crippen LogP contribution in [0.3, 0.4) is 0 Å². The van der Waals surface area contributed by atoms with Crippen LogP contribution in [0.25, 0.3) is 0 Å². The number of nitrogens with one attached hydrogen (secondary N) is 1. The lowest BCUT2D eigenvalue weighted by atomic mass is 10.2. The number of ether oxygens (including phenoxy) is 2. The molecule has 4 nitrogen and oxygen atoms in total. The van der Waals surface area contributed by atoms with Crippen molar-refractivity contribution in [1.29, 1.82) is 0 Å². The third-order valence-electron chi connectivity index (χ3n) is 2.88. The van der Waals surface area contributed by atoms with Crippen LogP contribution in [0.5, 0.6) is 11.5 Å². The zero-order chi connectivity index (χ0) is 16.1. The summed E-state index contributed by atoms with van der Waals surface area (Å²) >= 11 is 2.09. The molecule has 1 amide bonds. The Morgan fingerprint density at radius 3 is 2.55 bits per heavy atom. The Kier molecular flexibility index (Phi) is 5.59. The van der Waals surface area contributed by atoms with Gasteiger partial charge in [0.15, 0.2) is 11.5 Å². The minimum Gasteiger partial charge on any atom is -0.492 e. The van der Waals surface area contributed by atoms with Crippen LogP contribution in [0.1, 0.15) is 17.3 Å². The van der Waals surface area contributed by atoms with E-state index in [4.69, 9.17) is 9.47 Å². The quantitative estimate of drug-likeness (QED) is 0.749. The SMILES string of the molecule is CCOc1cc(C(=O)Nc2ccc(F)cc2)cc(I)c1OC. The Balaban J connectivity index is 2.27. The van der Waals surface area contributed by atoms with Gasteiger partial charge in [-0.1, -0.05) is 0 Å². The summed E-state index contributed by atoms with van der Waals surface area (Å²) in [6.45, 7) is 2.33. The monoisotopic (exact) mass is 415 g/mol. The lowest BCUT2D eigenvalue weighted by molar-refractivity contribution is 0.102. The summed E-state index contributed by atoms with van der Waals surface area (Å²) in [5.41, 5.74) is 0.966. The molecule has 0 aliphatic heterocycles. The molecule has 2 rings (SSSR count). The zero-order valence-electron chi connectivity index (χ0n) is 12.2. The van der Waals surface area contributed by atoms with Crippen LogP contribution < -0.4 is 14.8 Å². The highest BCUT2D eigenvalue weighted by molar-refractivity contribution is 14.1. The molecule has 0 bridgehead atoms. The predicted molar refractivity (Wildman–Crippen MR) is 91.2 cm³/mol. The summed E-state index contributed by atoms with van der Waals surface area (Å²) in [5.74, 6) is 0.464. The van der Waals surface area contributed by atoms with Crippen LogP contribution in [-0.4, -0.2) is 19.6 Å². The van der Waals surface area contributed by atoms with Crippen molar-refractivity contribution < 1.29 is 18.7 Å². The maximum Gasteiger partial charge on any atom is 0.255 e. The van der Waals surface area contributed by atoms with E-state index in [0.29, 0.717) is 29.4 Å². The number of carbonyl (C=O) groups is 1. The molecule has 0 fully saturated rings. The van der Waals surface area contributed by atoms with Crippen LogP contribution in [0.15, 0.2) is 36.4 Å². The average molecular weight is 415 g/mol. The summed E-state index contributed by atoms with van der Waals surface area (Å²) in [5, 5.41) is 2.71. The highest BCUT2D eigenvalue weighted by atomic mass is 127. The molecule has 0 unspecified atom stereocenters. The van der Waals surface area contributed by atoms with Crippen molar-refractivity contribution in [1.82, 2.24) is 0 Å². The fourth-order valence-electron chi connectivity index (χ4n) is 1.90. The Labute approximate surface area is 141 Å². The lowest BCUT2D eigenvalue weighted by Gasteiger charge is -2.13. The van der Waals surface area contributed by atoms with Gasteiger partial charge < -0.3 is 14.8 Å². The van der Waals surface area contributed by atoms with Crippen LogP contribution in [-0.2, 0) is 0 Å². The molecule has 2 aromatic carbocycles. The molecule has 0 aliphatic rings. The van der Waals surface area contributed by atoms with Crippen molar-refractivity contribution >= 4 is 34.2 Å². The largest absolute Gasteiger partial charge is 0.492 e. The van der Waals surface area contributed by atoms with Gasteiger partial charge in [0.05, 0.1) is 17.3 Å². The number of carbonyl (C=O) groups excluding carboxylic acids is 1. The van der Waals surface area contributed by atoms with Crippen molar-refractivity contribution in [2.24, 2.45) is 0 Å². The van der Waals surface area contributed by atoms with Crippen molar-refractivity contribution in [3.8, 4) is 11.5 Å². The van der Waals surface area contributed by atoms with Gasteiger partial charge in [-0.05, 0) is 65.9 Å². The van der Waals surface area contributed by atoms with Gasteiger partial charge in [-0.2, -0.15) is 0 Å². The normalized spacial score (nSPS) is 10.2. The molecular formula is C16H15FINO3. The van der Waals surface area contributed by atoms with E-state index in [-0.39, 0.29) is 11.7 Å². The van der Waals surface area contributed by atoms with E-state index >= 15 is 0 Å². The molecule has 0 aliphatic carbocycles. The fraction of sp³-hybridized carbons (Fsp3) is 0.188. The predicted octanol–water partition coefficient (Wildman–Crippen LogP) is 4.09. The molecule has 22 heavy (non-hydrogen) atoms. The minimum atomic E-state index is -0.351. The number of halogens is 2. The minimum absolute atomic E-state index is 0.298. The van der Waals surface area contributed by atoms with E-state index in [9.17, 15) is 9.18 Å². The van der Waals surface area contributed by atoms with E-state index in [1.807, 2.05) is 6.92 Å². The first-order chi connectivity index (χ1) is 10.5. The van der Waals surface area contributed by atoms with Crippen molar-refractivity contribution in [3.63, 3.8) is 0 Å². The highest BCUT2D eigenvalue weighted by Gasteiger charge is 2.15. The van der Waals surface area contributed by atoms with Crippen molar-refractivity contribution in [2.75, 3.05) is 19.0 Å². The molecule has 0 saturated heterocycles. The summed E-state index contributed by atoms with van der Waals surface area (Å²) in [6, 6.07) is 8.93. The van der Waals surface area contributed by atoms with E-state index < -0.39 is 0 Å². The Hall–Kier alpha value is -1.83. The molecule has 1 N–H and O–H groups in total. The van der Waals surface area contributed by atoms with E-state index in [2.05, 4.69) is 27.9 Å². The molecule has 0 aromatic heterocycles. The number of anilines is 1. The van der Waals surface area contributed by atoms with Crippen LogP contribution in [0, 0.1) is 9.39 Å². The van der Waals surface area contributed by atoms with Gasteiger partial charge in [-0.25, -0.2) is 4.39 Å². The third-order valence-corrected chi connectivity index (χ3v) is 3.68. The lowest BCUT2D eigenvalue weighted by Crippen LogP contribution is -2.13. The third kappa shape index (κ3) is 3.88. The molecule has 0 spiro atoms. The number of hydrogen-bond acceptors (Lipinski definition) is 3. The van der Waals surface area contributed by atoms with Gasteiger partial charge >= 0.3 is 0 Å². The molecule has 6 heteroatoms. The van der Waals surface area contributed by atoms with Crippen molar-refractivity contribution in [2.45, 2.75) is 6.92 Å². The van der Waals surface area contributed by atoms with Gasteiger partial charge in [0.1, 0.15) is 5.82 Å². The molecule has 0 heterocycles. The van der Waals surface area contributed by atoms with Crippen LogP contribution in [0.2, 0.25) is 0 Å². The first-order valence-corrected chi connectivity index (χ1v) is 7.70. The smallest absolute Gasteiger partial charge is 0.255 e. The second kappa shape index (κ2) is 7.44. The number of rotatable bonds is 5. The first-order valence-electron chi connectivity index (χ1n) is 6.62. The number of amides is 1. The van der Waals surface area contributed by atoms with Crippen molar-refractivity contribution in [3.05, 3.63) is 51.3 Å². The first kappa shape index (κ1) is 16.5. The summed E-state index contributed by atoms with van der Waals surface area (Å²) < 4.78 is 24.4. The molecule has 116 valence electrons. The van der Waals surface area contributed by atoms with Gasteiger partial charge in [0.2, 0.25) is 0 Å². The number of hydrogen-bond donors (Lipinski definition) is 1. The highest BCUT2D eigenvalue weighted by Crippen LogP contribution is 2.34.